The quantitative estimate of drug-likeness (QED) is 0.837. The first kappa shape index (κ1) is 17.2. The highest BCUT2D eigenvalue weighted by atomic mass is 16.3. The summed E-state index contributed by atoms with van der Waals surface area (Å²) in [4.78, 5) is 14.8. The second-order valence-corrected chi connectivity index (χ2v) is 8.22. The lowest BCUT2D eigenvalue weighted by atomic mass is 9.82. The van der Waals surface area contributed by atoms with Crippen LogP contribution in [0, 0.1) is 11.8 Å². The summed E-state index contributed by atoms with van der Waals surface area (Å²) in [6.45, 7) is 3.41. The van der Waals surface area contributed by atoms with Crippen LogP contribution in [0.3, 0.4) is 0 Å². The average Bonchev–Trinajstić information content (AvgIpc) is 2.91. The minimum absolute atomic E-state index is 0.165. The topological polar surface area (TPSA) is 52.6 Å². The summed E-state index contributed by atoms with van der Waals surface area (Å²) in [5.74, 6) is 1.45. The predicted molar refractivity (Wildman–Crippen MR) is 92.1 cm³/mol. The number of carbonyl (C=O) groups excluding carboxylic acids is 1. The first-order valence-electron chi connectivity index (χ1n) is 9.85. The van der Waals surface area contributed by atoms with Crippen LogP contribution in [0.1, 0.15) is 71.1 Å². The predicted octanol–water partition coefficient (Wildman–Crippen LogP) is 2.70. The van der Waals surface area contributed by atoms with Crippen molar-refractivity contribution in [2.75, 3.05) is 13.1 Å². The van der Waals surface area contributed by atoms with E-state index in [2.05, 4.69) is 17.1 Å². The number of carbonyl (C=O) groups is 1. The van der Waals surface area contributed by atoms with Crippen molar-refractivity contribution in [2.45, 2.75) is 89.3 Å². The molecule has 2 saturated carbocycles. The number of hydrogen-bond donors (Lipinski definition) is 2. The Hall–Kier alpha value is -0.610. The van der Waals surface area contributed by atoms with Gasteiger partial charge in [0.1, 0.15) is 0 Å². The molecule has 2 aliphatic carbocycles. The standard InChI is InChI=1S/C19H34N2O2/c1-14-7-5-6-10-17(14)20-19(23)13-21-12-16(22)11-18(21)15-8-3-2-4-9-15/h14-18,22H,2-13H2,1H3,(H,20,23). The highest BCUT2D eigenvalue weighted by Gasteiger charge is 2.37. The van der Waals surface area contributed by atoms with Crippen molar-refractivity contribution >= 4 is 5.91 Å². The van der Waals surface area contributed by atoms with Crippen LogP contribution < -0.4 is 5.32 Å². The van der Waals surface area contributed by atoms with Crippen LogP contribution in [0.5, 0.6) is 0 Å². The van der Waals surface area contributed by atoms with Crippen LogP contribution in [0.25, 0.3) is 0 Å². The van der Waals surface area contributed by atoms with E-state index < -0.39 is 0 Å². The van der Waals surface area contributed by atoms with E-state index in [1.807, 2.05) is 0 Å². The van der Waals surface area contributed by atoms with Gasteiger partial charge in [-0.25, -0.2) is 0 Å². The van der Waals surface area contributed by atoms with Gasteiger partial charge in [-0.3, -0.25) is 9.69 Å². The zero-order valence-electron chi connectivity index (χ0n) is 14.7. The van der Waals surface area contributed by atoms with E-state index in [4.69, 9.17) is 0 Å². The number of nitrogens with one attached hydrogen (secondary N) is 1. The van der Waals surface area contributed by atoms with Crippen molar-refractivity contribution in [3.8, 4) is 0 Å². The molecular weight excluding hydrogens is 288 g/mol. The third-order valence-corrected chi connectivity index (χ3v) is 6.43. The number of aliphatic hydroxyl groups excluding tert-OH is 1. The van der Waals surface area contributed by atoms with Gasteiger partial charge in [0.25, 0.3) is 0 Å². The van der Waals surface area contributed by atoms with Gasteiger partial charge in [0.15, 0.2) is 0 Å². The molecule has 3 rings (SSSR count). The normalized spacial score (nSPS) is 37.0. The van der Waals surface area contributed by atoms with Crippen LogP contribution in [0.15, 0.2) is 0 Å². The van der Waals surface area contributed by atoms with E-state index >= 15 is 0 Å². The molecule has 4 unspecified atom stereocenters. The maximum atomic E-state index is 12.5. The van der Waals surface area contributed by atoms with Gasteiger partial charge in [-0.2, -0.15) is 0 Å². The Balaban J connectivity index is 1.53. The molecule has 23 heavy (non-hydrogen) atoms. The van der Waals surface area contributed by atoms with Gasteiger partial charge in [0.2, 0.25) is 5.91 Å². The Kier molecular flexibility index (Phi) is 5.97. The van der Waals surface area contributed by atoms with Gasteiger partial charge in [-0.15, -0.1) is 0 Å². The second kappa shape index (κ2) is 7.98. The molecule has 1 amide bonds. The van der Waals surface area contributed by atoms with Crippen molar-refractivity contribution in [1.82, 2.24) is 10.2 Å². The summed E-state index contributed by atoms with van der Waals surface area (Å²) >= 11 is 0. The van der Waals surface area contributed by atoms with E-state index in [1.54, 1.807) is 0 Å². The van der Waals surface area contributed by atoms with E-state index in [9.17, 15) is 9.90 Å². The average molecular weight is 322 g/mol. The van der Waals surface area contributed by atoms with Crippen molar-refractivity contribution in [1.29, 1.82) is 0 Å². The van der Waals surface area contributed by atoms with Crippen molar-refractivity contribution in [3.05, 3.63) is 0 Å². The van der Waals surface area contributed by atoms with Gasteiger partial charge < -0.3 is 10.4 Å². The van der Waals surface area contributed by atoms with Crippen LogP contribution in [0.4, 0.5) is 0 Å². The molecule has 1 aliphatic heterocycles. The molecule has 3 fully saturated rings. The molecule has 0 aromatic heterocycles. The molecule has 0 radical (unpaired) electrons. The number of β-amino-alcohol motifs (C(OH)–C–C–N with tert-alkyl or cyclic N) is 1. The second-order valence-electron chi connectivity index (χ2n) is 8.22. The van der Waals surface area contributed by atoms with Crippen LogP contribution in [-0.2, 0) is 4.79 Å². The zero-order chi connectivity index (χ0) is 16.2. The molecule has 2 N–H and O–H groups in total. The Morgan fingerprint density at radius 1 is 1.09 bits per heavy atom. The van der Waals surface area contributed by atoms with Crippen molar-refractivity contribution in [2.24, 2.45) is 11.8 Å². The van der Waals surface area contributed by atoms with E-state index in [-0.39, 0.29) is 12.0 Å². The highest BCUT2D eigenvalue weighted by Crippen LogP contribution is 2.34. The van der Waals surface area contributed by atoms with Crippen molar-refractivity contribution in [3.63, 3.8) is 0 Å². The summed E-state index contributed by atoms with van der Waals surface area (Å²) < 4.78 is 0. The minimum Gasteiger partial charge on any atom is -0.392 e. The largest absolute Gasteiger partial charge is 0.392 e. The van der Waals surface area contributed by atoms with Crippen LogP contribution in [-0.4, -0.2) is 47.2 Å². The number of hydrogen-bond acceptors (Lipinski definition) is 3. The number of rotatable bonds is 4. The molecule has 0 aromatic rings. The van der Waals surface area contributed by atoms with Gasteiger partial charge in [-0.05, 0) is 43.9 Å². The first-order chi connectivity index (χ1) is 11.1. The van der Waals surface area contributed by atoms with Crippen LogP contribution in [0.2, 0.25) is 0 Å². The number of nitrogens with zero attached hydrogens (tertiary/aromatic N) is 1. The highest BCUT2D eigenvalue weighted by molar-refractivity contribution is 5.78. The Morgan fingerprint density at radius 2 is 1.78 bits per heavy atom. The van der Waals surface area contributed by atoms with E-state index in [0.717, 1.165) is 12.8 Å². The number of likely N-dealkylation sites (tertiary alicyclic amines) is 1. The Morgan fingerprint density at radius 3 is 2.52 bits per heavy atom. The Labute approximate surface area is 141 Å². The summed E-state index contributed by atoms with van der Waals surface area (Å²) in [5, 5.41) is 13.4. The third-order valence-electron chi connectivity index (χ3n) is 6.43. The van der Waals surface area contributed by atoms with E-state index in [0.29, 0.717) is 37.0 Å². The molecule has 0 bridgehead atoms. The number of aliphatic hydroxyl groups is 1. The van der Waals surface area contributed by atoms with Crippen molar-refractivity contribution < 1.29 is 9.90 Å². The maximum Gasteiger partial charge on any atom is 0.234 e. The molecular formula is C19H34N2O2. The lowest BCUT2D eigenvalue weighted by molar-refractivity contribution is -0.124. The summed E-state index contributed by atoms with van der Waals surface area (Å²) in [6.07, 6.45) is 12.0. The monoisotopic (exact) mass is 322 g/mol. The fraction of sp³-hybridized carbons (Fsp3) is 0.947. The molecule has 4 nitrogen and oxygen atoms in total. The molecule has 1 heterocycles. The lowest BCUT2D eigenvalue weighted by Crippen LogP contribution is -2.48. The molecule has 0 aromatic carbocycles. The fourth-order valence-corrected chi connectivity index (χ4v) is 5.07. The molecule has 4 heteroatoms. The van der Waals surface area contributed by atoms with Gasteiger partial charge in [0.05, 0.1) is 12.6 Å². The fourth-order valence-electron chi connectivity index (χ4n) is 5.07. The molecule has 4 atom stereocenters. The first-order valence-corrected chi connectivity index (χ1v) is 9.85. The molecule has 132 valence electrons. The van der Waals surface area contributed by atoms with Gasteiger partial charge in [-0.1, -0.05) is 39.0 Å². The molecule has 0 spiro atoms. The summed E-state index contributed by atoms with van der Waals surface area (Å²) in [7, 11) is 0. The molecule has 3 aliphatic rings. The van der Waals surface area contributed by atoms with Gasteiger partial charge in [0, 0.05) is 18.6 Å². The maximum absolute atomic E-state index is 12.5. The van der Waals surface area contributed by atoms with Crippen LogP contribution >= 0.6 is 0 Å². The van der Waals surface area contributed by atoms with E-state index in [1.165, 1.54) is 51.4 Å². The zero-order valence-corrected chi connectivity index (χ0v) is 14.7. The minimum atomic E-state index is -0.247. The smallest absolute Gasteiger partial charge is 0.234 e. The third kappa shape index (κ3) is 4.48. The Bertz CT molecular complexity index is 395. The summed E-state index contributed by atoms with van der Waals surface area (Å²) in [5.41, 5.74) is 0. The lowest BCUT2D eigenvalue weighted by Gasteiger charge is -2.34. The SMILES string of the molecule is CC1CCCCC1NC(=O)CN1CC(O)CC1C1CCCCC1. The van der Waals surface area contributed by atoms with Gasteiger partial charge >= 0.3 is 0 Å². The molecule has 1 saturated heterocycles. The number of amides is 1. The summed E-state index contributed by atoms with van der Waals surface area (Å²) in [6, 6.07) is 0.775.